The fourth-order valence-electron chi connectivity index (χ4n) is 2.57. The van der Waals surface area contributed by atoms with E-state index in [-0.39, 0.29) is 0 Å². The lowest BCUT2D eigenvalue weighted by molar-refractivity contribution is 0.192. The molecule has 0 saturated carbocycles. The fourth-order valence-corrected chi connectivity index (χ4v) is 3.15. The Hall–Kier alpha value is -0.380. The van der Waals surface area contributed by atoms with Gasteiger partial charge in [0.2, 0.25) is 0 Å². The molecule has 1 saturated heterocycles. The number of piperidine rings is 1. The van der Waals surface area contributed by atoms with Crippen LogP contribution in [0.5, 0.6) is 0 Å². The molecule has 0 spiro atoms. The van der Waals surface area contributed by atoms with E-state index in [9.17, 15) is 0 Å². The number of likely N-dealkylation sites (tertiary alicyclic amines) is 1. The van der Waals surface area contributed by atoms with Crippen LogP contribution >= 0.6 is 15.9 Å². The Morgan fingerprint density at radius 3 is 2.88 bits per heavy atom. The molecule has 0 amide bonds. The van der Waals surface area contributed by atoms with Crippen LogP contribution in [0.15, 0.2) is 28.7 Å². The number of likely N-dealkylation sites (N-methyl/N-ethyl adjacent to an activating group) is 1. The summed E-state index contributed by atoms with van der Waals surface area (Å²) in [4.78, 5) is 2.40. The van der Waals surface area contributed by atoms with Crippen molar-refractivity contribution < 1.29 is 0 Å². The third-order valence-electron chi connectivity index (χ3n) is 3.57. The van der Waals surface area contributed by atoms with Gasteiger partial charge in [-0.2, -0.15) is 0 Å². The van der Waals surface area contributed by atoms with Crippen LogP contribution in [0, 0.1) is 5.92 Å². The molecule has 2 N–H and O–H groups in total. The van der Waals surface area contributed by atoms with Crippen molar-refractivity contribution in [3.05, 3.63) is 34.3 Å². The number of rotatable bonds is 2. The average Bonchev–Trinajstić information content (AvgIpc) is 2.29. The van der Waals surface area contributed by atoms with E-state index >= 15 is 0 Å². The van der Waals surface area contributed by atoms with Crippen LogP contribution in [0.25, 0.3) is 0 Å². The van der Waals surface area contributed by atoms with E-state index in [1.54, 1.807) is 0 Å². The topological polar surface area (TPSA) is 29.3 Å². The van der Waals surface area contributed by atoms with E-state index in [0.717, 1.165) is 13.1 Å². The Labute approximate surface area is 106 Å². The predicted molar refractivity (Wildman–Crippen MR) is 71.5 cm³/mol. The van der Waals surface area contributed by atoms with Crippen molar-refractivity contribution in [3.8, 4) is 0 Å². The average molecular weight is 283 g/mol. The van der Waals surface area contributed by atoms with Crippen LogP contribution in [0.4, 0.5) is 0 Å². The van der Waals surface area contributed by atoms with Crippen LogP contribution in [0.1, 0.15) is 17.9 Å². The molecule has 3 heteroatoms. The molecular formula is C13H19BrN2. The maximum absolute atomic E-state index is 5.89. The summed E-state index contributed by atoms with van der Waals surface area (Å²) in [5.74, 6) is 1.19. The van der Waals surface area contributed by atoms with Crippen molar-refractivity contribution in [2.24, 2.45) is 11.7 Å². The van der Waals surface area contributed by atoms with Crippen LogP contribution in [-0.2, 0) is 0 Å². The highest BCUT2D eigenvalue weighted by Gasteiger charge is 2.28. The summed E-state index contributed by atoms with van der Waals surface area (Å²) in [5.41, 5.74) is 7.30. The van der Waals surface area contributed by atoms with Gasteiger partial charge in [-0.05, 0) is 44.1 Å². The molecule has 1 heterocycles. The molecule has 0 aliphatic carbocycles. The number of halogens is 1. The van der Waals surface area contributed by atoms with Crippen LogP contribution in [0.3, 0.4) is 0 Å². The molecule has 0 aromatic heterocycles. The van der Waals surface area contributed by atoms with Gasteiger partial charge in [-0.1, -0.05) is 34.1 Å². The highest BCUT2D eigenvalue weighted by Crippen LogP contribution is 2.35. The van der Waals surface area contributed by atoms with Crippen molar-refractivity contribution in [1.29, 1.82) is 0 Å². The highest BCUT2D eigenvalue weighted by molar-refractivity contribution is 9.10. The molecule has 0 radical (unpaired) electrons. The van der Waals surface area contributed by atoms with Crippen molar-refractivity contribution in [3.63, 3.8) is 0 Å². The molecule has 1 aliphatic heterocycles. The molecule has 1 aromatic rings. The van der Waals surface area contributed by atoms with Gasteiger partial charge < -0.3 is 10.6 Å². The van der Waals surface area contributed by atoms with Gasteiger partial charge in [0.25, 0.3) is 0 Å². The fraction of sp³-hybridized carbons (Fsp3) is 0.538. The lowest BCUT2D eigenvalue weighted by Crippen LogP contribution is -2.39. The monoisotopic (exact) mass is 282 g/mol. The van der Waals surface area contributed by atoms with E-state index < -0.39 is 0 Å². The summed E-state index contributed by atoms with van der Waals surface area (Å²) in [6.07, 6.45) is 1.21. The molecule has 2 unspecified atom stereocenters. The predicted octanol–water partition coefficient (Wildman–Crippen LogP) is 2.44. The van der Waals surface area contributed by atoms with E-state index in [0.29, 0.717) is 11.8 Å². The van der Waals surface area contributed by atoms with Crippen LogP contribution < -0.4 is 5.73 Å². The number of benzene rings is 1. The number of nitrogens with two attached hydrogens (primary N) is 1. The Morgan fingerprint density at radius 2 is 2.19 bits per heavy atom. The largest absolute Gasteiger partial charge is 0.330 e. The van der Waals surface area contributed by atoms with Crippen molar-refractivity contribution in [2.75, 3.05) is 26.7 Å². The summed E-state index contributed by atoms with van der Waals surface area (Å²) in [6, 6.07) is 8.52. The van der Waals surface area contributed by atoms with Gasteiger partial charge in [0.05, 0.1) is 0 Å². The first kappa shape index (κ1) is 12.1. The third kappa shape index (κ3) is 2.47. The second-order valence-corrected chi connectivity index (χ2v) is 5.53. The minimum absolute atomic E-state index is 0.569. The van der Waals surface area contributed by atoms with Gasteiger partial charge in [-0.15, -0.1) is 0 Å². The van der Waals surface area contributed by atoms with Gasteiger partial charge in [0, 0.05) is 16.9 Å². The lowest BCUT2D eigenvalue weighted by Gasteiger charge is -2.37. The zero-order chi connectivity index (χ0) is 11.5. The summed E-state index contributed by atoms with van der Waals surface area (Å²) in [7, 11) is 2.19. The number of hydrogen-bond donors (Lipinski definition) is 1. The van der Waals surface area contributed by atoms with Gasteiger partial charge >= 0.3 is 0 Å². The van der Waals surface area contributed by atoms with Crippen molar-refractivity contribution >= 4 is 15.9 Å². The zero-order valence-corrected chi connectivity index (χ0v) is 11.3. The van der Waals surface area contributed by atoms with Crippen LogP contribution in [0.2, 0.25) is 0 Å². The summed E-state index contributed by atoms with van der Waals surface area (Å²) >= 11 is 3.65. The second kappa shape index (κ2) is 5.30. The number of hydrogen-bond acceptors (Lipinski definition) is 2. The van der Waals surface area contributed by atoms with Crippen molar-refractivity contribution in [1.82, 2.24) is 4.90 Å². The molecule has 2 nitrogen and oxygen atoms in total. The minimum atomic E-state index is 0.569. The Balaban J connectivity index is 2.26. The van der Waals surface area contributed by atoms with Crippen molar-refractivity contribution in [2.45, 2.75) is 12.3 Å². The Morgan fingerprint density at radius 1 is 1.44 bits per heavy atom. The van der Waals surface area contributed by atoms with Gasteiger partial charge in [0.1, 0.15) is 0 Å². The first-order chi connectivity index (χ1) is 7.72. The molecular weight excluding hydrogens is 264 g/mol. The van der Waals surface area contributed by atoms with E-state index in [2.05, 4.69) is 52.1 Å². The minimum Gasteiger partial charge on any atom is -0.330 e. The molecule has 1 aromatic carbocycles. The quantitative estimate of drug-likeness (QED) is 0.903. The van der Waals surface area contributed by atoms with E-state index in [4.69, 9.17) is 5.73 Å². The standard InChI is InChI=1S/C13H19BrN2/c1-16-7-6-10(8-15)12(9-16)11-4-2-3-5-13(11)14/h2-5,10,12H,6-9,15H2,1H3. The molecule has 2 atom stereocenters. The molecule has 88 valence electrons. The zero-order valence-electron chi connectivity index (χ0n) is 9.70. The van der Waals surface area contributed by atoms with Crippen LogP contribution in [-0.4, -0.2) is 31.6 Å². The summed E-state index contributed by atoms with van der Waals surface area (Å²) < 4.78 is 1.22. The lowest BCUT2D eigenvalue weighted by atomic mass is 9.81. The molecule has 16 heavy (non-hydrogen) atoms. The van der Waals surface area contributed by atoms with Gasteiger partial charge in [0.15, 0.2) is 0 Å². The summed E-state index contributed by atoms with van der Waals surface area (Å²) in [6.45, 7) is 3.08. The number of nitrogens with zero attached hydrogens (tertiary/aromatic N) is 1. The first-order valence-electron chi connectivity index (χ1n) is 5.85. The van der Waals surface area contributed by atoms with Gasteiger partial charge in [-0.3, -0.25) is 0 Å². The maximum Gasteiger partial charge on any atom is 0.0210 e. The van der Waals surface area contributed by atoms with E-state index in [1.807, 2.05) is 0 Å². The third-order valence-corrected chi connectivity index (χ3v) is 4.29. The Kier molecular flexibility index (Phi) is 4.00. The second-order valence-electron chi connectivity index (χ2n) is 4.67. The summed E-state index contributed by atoms with van der Waals surface area (Å²) in [5, 5.41) is 0. The smallest absolute Gasteiger partial charge is 0.0210 e. The van der Waals surface area contributed by atoms with Gasteiger partial charge in [-0.25, -0.2) is 0 Å². The maximum atomic E-state index is 5.89. The van der Waals surface area contributed by atoms with E-state index in [1.165, 1.54) is 23.0 Å². The molecule has 1 fully saturated rings. The Bertz CT molecular complexity index is 354. The normalized spacial score (nSPS) is 26.9. The highest BCUT2D eigenvalue weighted by atomic mass is 79.9. The molecule has 0 bridgehead atoms. The first-order valence-corrected chi connectivity index (χ1v) is 6.64. The SMILES string of the molecule is CN1CCC(CN)C(c2ccccc2Br)C1. The molecule has 2 rings (SSSR count). The molecule has 1 aliphatic rings.